The molecule has 15 heavy (non-hydrogen) atoms. The van der Waals surface area contributed by atoms with Crippen molar-refractivity contribution in [1.82, 2.24) is 15.2 Å². The average molecular weight is 205 g/mol. The normalized spacial score (nSPS) is 11.1. The third-order valence-electron chi connectivity index (χ3n) is 2.29. The van der Waals surface area contributed by atoms with E-state index in [1.165, 1.54) is 12.3 Å². The third kappa shape index (κ3) is 1.45. The van der Waals surface area contributed by atoms with Crippen LogP contribution in [0.2, 0.25) is 0 Å². The van der Waals surface area contributed by atoms with Gasteiger partial charge in [0, 0.05) is 11.9 Å². The maximum atomic E-state index is 11.0. The summed E-state index contributed by atoms with van der Waals surface area (Å²) in [5.74, 6) is -0.761. The first-order valence-corrected chi connectivity index (χ1v) is 4.67. The first kappa shape index (κ1) is 9.64. The summed E-state index contributed by atoms with van der Waals surface area (Å²) in [6, 6.07) is 1.49. The Bertz CT molecular complexity index is 516. The molecule has 0 bridgehead atoms. The number of carbonyl (C=O) groups is 1. The molecular weight excluding hydrogens is 194 g/mol. The molecular formula is C10H11N3O2. The SMILES string of the molecule is CC(C)c1[nH]nc2nccc(C(=O)O)c12. The monoisotopic (exact) mass is 205 g/mol. The third-order valence-corrected chi connectivity index (χ3v) is 2.29. The average Bonchev–Trinajstić information content (AvgIpc) is 2.60. The zero-order valence-electron chi connectivity index (χ0n) is 8.48. The number of aromatic amines is 1. The number of carboxylic acid groups (broad SMARTS) is 1. The van der Waals surface area contributed by atoms with Crippen LogP contribution in [-0.4, -0.2) is 26.3 Å². The molecule has 0 atom stereocenters. The molecule has 0 aromatic carbocycles. The van der Waals surface area contributed by atoms with E-state index in [0.29, 0.717) is 11.0 Å². The Hall–Kier alpha value is -1.91. The van der Waals surface area contributed by atoms with Gasteiger partial charge in [-0.25, -0.2) is 9.78 Å². The Morgan fingerprint density at radius 3 is 2.87 bits per heavy atom. The van der Waals surface area contributed by atoms with E-state index in [9.17, 15) is 4.79 Å². The lowest BCUT2D eigenvalue weighted by atomic mass is 10.0. The van der Waals surface area contributed by atoms with Crippen molar-refractivity contribution >= 4 is 17.0 Å². The molecule has 5 nitrogen and oxygen atoms in total. The fraction of sp³-hybridized carbons (Fsp3) is 0.300. The summed E-state index contributed by atoms with van der Waals surface area (Å²) in [5.41, 5.74) is 1.52. The van der Waals surface area contributed by atoms with Crippen molar-refractivity contribution in [1.29, 1.82) is 0 Å². The van der Waals surface area contributed by atoms with E-state index >= 15 is 0 Å². The summed E-state index contributed by atoms with van der Waals surface area (Å²) < 4.78 is 0. The van der Waals surface area contributed by atoms with Crippen LogP contribution in [0, 0.1) is 0 Å². The van der Waals surface area contributed by atoms with Crippen molar-refractivity contribution in [2.45, 2.75) is 19.8 Å². The fourth-order valence-electron chi connectivity index (χ4n) is 1.57. The standard InChI is InChI=1S/C10H11N3O2/c1-5(2)8-7-6(10(14)15)3-4-11-9(7)13-12-8/h3-5H,1-2H3,(H,14,15)(H,11,12,13). The van der Waals surface area contributed by atoms with Gasteiger partial charge in [-0.1, -0.05) is 13.8 Å². The molecule has 0 spiro atoms. The molecule has 0 fully saturated rings. The lowest BCUT2D eigenvalue weighted by Gasteiger charge is -2.03. The molecule has 2 aromatic heterocycles. The zero-order valence-corrected chi connectivity index (χ0v) is 8.48. The van der Waals surface area contributed by atoms with Crippen LogP contribution in [0.25, 0.3) is 11.0 Å². The number of rotatable bonds is 2. The minimum absolute atomic E-state index is 0.192. The molecule has 0 saturated carbocycles. The highest BCUT2D eigenvalue weighted by molar-refractivity contribution is 6.02. The summed E-state index contributed by atoms with van der Waals surface area (Å²) in [4.78, 5) is 15.0. The first-order chi connectivity index (χ1) is 7.11. The second kappa shape index (κ2) is 3.34. The number of aromatic carboxylic acids is 1. The van der Waals surface area contributed by atoms with Crippen LogP contribution in [0.15, 0.2) is 12.3 Å². The number of fused-ring (bicyclic) bond motifs is 1. The summed E-state index contributed by atoms with van der Waals surface area (Å²) >= 11 is 0. The molecule has 0 unspecified atom stereocenters. The molecule has 2 aromatic rings. The van der Waals surface area contributed by atoms with E-state index < -0.39 is 5.97 Å². The number of aromatic nitrogens is 3. The largest absolute Gasteiger partial charge is 0.478 e. The van der Waals surface area contributed by atoms with Crippen LogP contribution in [0.3, 0.4) is 0 Å². The van der Waals surface area contributed by atoms with Gasteiger partial charge in [0.15, 0.2) is 5.65 Å². The number of hydrogen-bond donors (Lipinski definition) is 2. The van der Waals surface area contributed by atoms with Crippen LogP contribution >= 0.6 is 0 Å². The molecule has 0 aliphatic heterocycles. The van der Waals surface area contributed by atoms with Gasteiger partial charge in [0.05, 0.1) is 10.9 Å². The minimum atomic E-state index is -0.953. The Balaban J connectivity index is 2.80. The van der Waals surface area contributed by atoms with Gasteiger partial charge in [-0.2, -0.15) is 5.10 Å². The maximum Gasteiger partial charge on any atom is 0.336 e. The molecule has 0 aliphatic carbocycles. The fourth-order valence-corrected chi connectivity index (χ4v) is 1.57. The number of hydrogen-bond acceptors (Lipinski definition) is 3. The van der Waals surface area contributed by atoms with Crippen molar-refractivity contribution < 1.29 is 9.90 Å². The van der Waals surface area contributed by atoms with Crippen molar-refractivity contribution in [3.63, 3.8) is 0 Å². The van der Waals surface area contributed by atoms with E-state index in [4.69, 9.17) is 5.11 Å². The Labute approximate surface area is 86.1 Å². The Morgan fingerprint density at radius 1 is 1.53 bits per heavy atom. The Morgan fingerprint density at radius 2 is 2.27 bits per heavy atom. The van der Waals surface area contributed by atoms with Crippen LogP contribution in [0.5, 0.6) is 0 Å². The summed E-state index contributed by atoms with van der Waals surface area (Å²) in [6.07, 6.45) is 1.46. The smallest absolute Gasteiger partial charge is 0.336 e. The van der Waals surface area contributed by atoms with E-state index in [2.05, 4.69) is 15.2 Å². The summed E-state index contributed by atoms with van der Waals surface area (Å²) in [6.45, 7) is 3.96. The van der Waals surface area contributed by atoms with Crippen molar-refractivity contribution in [3.8, 4) is 0 Å². The van der Waals surface area contributed by atoms with E-state index in [1.54, 1.807) is 0 Å². The first-order valence-electron chi connectivity index (χ1n) is 4.67. The quantitative estimate of drug-likeness (QED) is 0.783. The highest BCUT2D eigenvalue weighted by Crippen LogP contribution is 2.24. The van der Waals surface area contributed by atoms with Gasteiger partial charge in [0.2, 0.25) is 0 Å². The van der Waals surface area contributed by atoms with Gasteiger partial charge >= 0.3 is 5.97 Å². The van der Waals surface area contributed by atoms with Gasteiger partial charge in [0.25, 0.3) is 0 Å². The Kier molecular flexibility index (Phi) is 2.15. The summed E-state index contributed by atoms with van der Waals surface area (Å²) in [5, 5.41) is 16.5. The number of nitrogens with zero attached hydrogens (tertiary/aromatic N) is 2. The van der Waals surface area contributed by atoms with Crippen LogP contribution in [0.4, 0.5) is 0 Å². The lowest BCUT2D eigenvalue weighted by Crippen LogP contribution is -1.99. The van der Waals surface area contributed by atoms with Crippen LogP contribution in [0.1, 0.15) is 35.8 Å². The second-order valence-corrected chi connectivity index (χ2v) is 3.65. The highest BCUT2D eigenvalue weighted by Gasteiger charge is 2.17. The van der Waals surface area contributed by atoms with Gasteiger partial charge in [-0.05, 0) is 12.0 Å². The zero-order chi connectivity index (χ0) is 11.0. The van der Waals surface area contributed by atoms with E-state index in [1.807, 2.05) is 13.8 Å². The van der Waals surface area contributed by atoms with Crippen LogP contribution < -0.4 is 0 Å². The minimum Gasteiger partial charge on any atom is -0.478 e. The van der Waals surface area contributed by atoms with Crippen molar-refractivity contribution in [2.24, 2.45) is 0 Å². The van der Waals surface area contributed by atoms with Crippen molar-refractivity contribution in [2.75, 3.05) is 0 Å². The lowest BCUT2D eigenvalue weighted by molar-refractivity contribution is 0.0699. The predicted octanol–water partition coefficient (Wildman–Crippen LogP) is 1.78. The molecule has 5 heteroatoms. The van der Waals surface area contributed by atoms with Gasteiger partial charge < -0.3 is 5.11 Å². The van der Waals surface area contributed by atoms with Crippen molar-refractivity contribution in [3.05, 3.63) is 23.5 Å². The molecule has 2 rings (SSSR count). The predicted molar refractivity (Wildman–Crippen MR) is 54.9 cm³/mol. The second-order valence-electron chi connectivity index (χ2n) is 3.65. The number of H-pyrrole nitrogens is 1. The van der Waals surface area contributed by atoms with E-state index in [0.717, 1.165) is 5.69 Å². The van der Waals surface area contributed by atoms with Gasteiger partial charge in [-0.15, -0.1) is 0 Å². The molecule has 78 valence electrons. The van der Waals surface area contributed by atoms with Gasteiger partial charge in [0.1, 0.15) is 0 Å². The van der Waals surface area contributed by atoms with E-state index in [-0.39, 0.29) is 11.5 Å². The highest BCUT2D eigenvalue weighted by atomic mass is 16.4. The molecule has 0 amide bonds. The number of carboxylic acids is 1. The molecule has 0 aliphatic rings. The van der Waals surface area contributed by atoms with Gasteiger partial charge in [-0.3, -0.25) is 5.10 Å². The molecule has 2 heterocycles. The maximum absolute atomic E-state index is 11.0. The molecule has 2 N–H and O–H groups in total. The number of nitrogens with one attached hydrogen (secondary N) is 1. The molecule has 0 radical (unpaired) electrons. The number of pyridine rings is 1. The topological polar surface area (TPSA) is 78.9 Å². The van der Waals surface area contributed by atoms with Crippen LogP contribution in [-0.2, 0) is 0 Å². The molecule has 0 saturated heterocycles. The summed E-state index contributed by atoms with van der Waals surface area (Å²) in [7, 11) is 0.